The van der Waals surface area contributed by atoms with Crippen molar-refractivity contribution in [3.63, 3.8) is 0 Å². The van der Waals surface area contributed by atoms with E-state index in [0.29, 0.717) is 11.6 Å². The lowest BCUT2D eigenvalue weighted by atomic mass is 10.1. The maximum Gasteiger partial charge on any atom is 0.223 e. The Bertz CT molecular complexity index is 461. The lowest BCUT2D eigenvalue weighted by Crippen LogP contribution is -2.33. The summed E-state index contributed by atoms with van der Waals surface area (Å²) >= 11 is 5.98. The first-order valence-electron chi connectivity index (χ1n) is 5.30. The van der Waals surface area contributed by atoms with E-state index < -0.39 is 11.9 Å². The molecule has 1 fully saturated rings. The zero-order chi connectivity index (χ0) is 12.4. The van der Waals surface area contributed by atoms with Crippen molar-refractivity contribution in [3.8, 4) is 0 Å². The van der Waals surface area contributed by atoms with Crippen molar-refractivity contribution in [2.24, 2.45) is 5.92 Å². The third kappa shape index (κ3) is 2.58. The first-order valence-corrected chi connectivity index (χ1v) is 5.68. The third-order valence-electron chi connectivity index (χ3n) is 2.87. The summed E-state index contributed by atoms with van der Waals surface area (Å²) in [5.41, 5.74) is 0.821. The predicted molar refractivity (Wildman–Crippen MR) is 60.0 cm³/mol. The molecule has 2 rings (SSSR count). The van der Waals surface area contributed by atoms with Crippen LogP contribution in [0.1, 0.15) is 12.0 Å². The highest BCUT2D eigenvalue weighted by Crippen LogP contribution is 2.23. The smallest absolute Gasteiger partial charge is 0.223 e. The van der Waals surface area contributed by atoms with E-state index in [4.69, 9.17) is 11.6 Å². The van der Waals surface area contributed by atoms with E-state index >= 15 is 0 Å². The predicted octanol–water partition coefficient (Wildman–Crippen LogP) is 0.438. The van der Waals surface area contributed by atoms with E-state index in [1.165, 1.54) is 4.90 Å². The van der Waals surface area contributed by atoms with Crippen LogP contribution in [0.3, 0.4) is 0 Å². The number of carboxylic acid groups (broad SMARTS) is 1. The van der Waals surface area contributed by atoms with Gasteiger partial charge in [0.15, 0.2) is 0 Å². The minimum Gasteiger partial charge on any atom is -0.550 e. The molecule has 1 atom stereocenters. The first-order chi connectivity index (χ1) is 8.08. The average Bonchev–Trinajstić information content (AvgIpc) is 2.64. The Kier molecular flexibility index (Phi) is 3.33. The van der Waals surface area contributed by atoms with Crippen molar-refractivity contribution < 1.29 is 14.7 Å². The summed E-state index contributed by atoms with van der Waals surface area (Å²) < 4.78 is 0. The SMILES string of the molecule is O=C([O-])C1CC(=O)N(Cc2ccccc2Cl)C1. The van der Waals surface area contributed by atoms with Gasteiger partial charge in [0.05, 0.1) is 0 Å². The number of rotatable bonds is 3. The number of halogens is 1. The van der Waals surface area contributed by atoms with Crippen molar-refractivity contribution >= 4 is 23.5 Å². The fourth-order valence-electron chi connectivity index (χ4n) is 1.92. The Morgan fingerprint density at radius 3 is 2.76 bits per heavy atom. The van der Waals surface area contributed by atoms with E-state index in [2.05, 4.69) is 0 Å². The minimum absolute atomic E-state index is 0.0206. The molecular weight excluding hydrogens is 242 g/mol. The molecule has 0 saturated carbocycles. The lowest BCUT2D eigenvalue weighted by molar-refractivity contribution is -0.311. The summed E-state index contributed by atoms with van der Waals surface area (Å²) in [5, 5.41) is 11.3. The van der Waals surface area contributed by atoms with Crippen LogP contribution < -0.4 is 5.11 Å². The summed E-state index contributed by atoms with van der Waals surface area (Å²) in [4.78, 5) is 23.8. The van der Waals surface area contributed by atoms with E-state index in [9.17, 15) is 14.7 Å². The molecule has 0 bridgehead atoms. The molecule has 1 unspecified atom stereocenters. The van der Waals surface area contributed by atoms with Crippen LogP contribution in [-0.2, 0) is 16.1 Å². The van der Waals surface area contributed by atoms with E-state index in [1.807, 2.05) is 18.2 Å². The molecule has 0 aromatic heterocycles. The average molecular weight is 253 g/mol. The molecule has 1 aromatic rings. The van der Waals surface area contributed by atoms with Crippen LogP contribution in [0.15, 0.2) is 24.3 Å². The highest BCUT2D eigenvalue weighted by atomic mass is 35.5. The van der Waals surface area contributed by atoms with E-state index in [0.717, 1.165) is 5.56 Å². The molecule has 90 valence electrons. The fraction of sp³-hybridized carbons (Fsp3) is 0.333. The van der Waals surface area contributed by atoms with Gasteiger partial charge in [0.1, 0.15) is 0 Å². The quantitative estimate of drug-likeness (QED) is 0.784. The molecular formula is C12H11ClNO3-. The van der Waals surface area contributed by atoms with Gasteiger partial charge in [-0.05, 0) is 11.6 Å². The summed E-state index contributed by atoms with van der Waals surface area (Å²) in [6.07, 6.45) is 0.0206. The number of carbonyl (C=O) groups is 2. The number of likely N-dealkylation sites (tertiary alicyclic amines) is 1. The Labute approximate surface area is 104 Å². The molecule has 17 heavy (non-hydrogen) atoms. The largest absolute Gasteiger partial charge is 0.550 e. The van der Waals surface area contributed by atoms with Crippen molar-refractivity contribution in [3.05, 3.63) is 34.9 Å². The second kappa shape index (κ2) is 4.75. The third-order valence-corrected chi connectivity index (χ3v) is 3.24. The first kappa shape index (κ1) is 11.9. The van der Waals surface area contributed by atoms with Gasteiger partial charge < -0.3 is 14.8 Å². The summed E-state index contributed by atoms with van der Waals surface area (Å²) in [5.74, 6) is -2.04. The Morgan fingerprint density at radius 2 is 2.18 bits per heavy atom. The van der Waals surface area contributed by atoms with Crippen LogP contribution in [0.4, 0.5) is 0 Å². The van der Waals surface area contributed by atoms with Crippen LogP contribution in [0.5, 0.6) is 0 Å². The molecule has 0 radical (unpaired) electrons. The molecule has 5 heteroatoms. The Hall–Kier alpha value is -1.55. The van der Waals surface area contributed by atoms with Crippen LogP contribution in [-0.4, -0.2) is 23.3 Å². The summed E-state index contributed by atoms with van der Waals surface area (Å²) in [6.45, 7) is 0.550. The van der Waals surface area contributed by atoms with Gasteiger partial charge in [0.2, 0.25) is 5.91 Å². The molecule has 1 aromatic carbocycles. The molecule has 0 aliphatic carbocycles. The monoisotopic (exact) mass is 252 g/mol. The number of amides is 1. The maximum absolute atomic E-state index is 11.6. The van der Waals surface area contributed by atoms with Gasteiger partial charge in [0, 0.05) is 36.4 Å². The number of hydrogen-bond donors (Lipinski definition) is 0. The van der Waals surface area contributed by atoms with Gasteiger partial charge in [-0.2, -0.15) is 0 Å². The van der Waals surface area contributed by atoms with Crippen LogP contribution in [0, 0.1) is 5.92 Å². The van der Waals surface area contributed by atoms with Gasteiger partial charge in [-0.1, -0.05) is 29.8 Å². The zero-order valence-corrected chi connectivity index (χ0v) is 9.81. The second-order valence-electron chi connectivity index (χ2n) is 4.09. The van der Waals surface area contributed by atoms with Gasteiger partial charge in [-0.25, -0.2) is 0 Å². The number of benzene rings is 1. The normalized spacial score (nSPS) is 19.7. The lowest BCUT2D eigenvalue weighted by Gasteiger charge is -2.17. The summed E-state index contributed by atoms with van der Waals surface area (Å²) in [7, 11) is 0. The van der Waals surface area contributed by atoms with Crippen LogP contribution >= 0.6 is 11.6 Å². The molecule has 1 aliphatic heterocycles. The van der Waals surface area contributed by atoms with Crippen molar-refractivity contribution in [1.29, 1.82) is 0 Å². The second-order valence-corrected chi connectivity index (χ2v) is 4.49. The molecule has 1 saturated heterocycles. The molecule has 1 amide bonds. The number of nitrogens with zero attached hydrogens (tertiary/aromatic N) is 1. The zero-order valence-electron chi connectivity index (χ0n) is 9.06. The van der Waals surface area contributed by atoms with Gasteiger partial charge >= 0.3 is 0 Å². The topological polar surface area (TPSA) is 60.4 Å². The van der Waals surface area contributed by atoms with Gasteiger partial charge in [-0.15, -0.1) is 0 Å². The molecule has 1 aliphatic rings. The Balaban J connectivity index is 2.08. The number of hydrogen-bond acceptors (Lipinski definition) is 3. The molecule has 0 N–H and O–H groups in total. The highest BCUT2D eigenvalue weighted by Gasteiger charge is 2.30. The fourth-order valence-corrected chi connectivity index (χ4v) is 2.11. The number of carboxylic acids is 1. The van der Waals surface area contributed by atoms with Crippen LogP contribution in [0.25, 0.3) is 0 Å². The number of aliphatic carboxylic acids is 1. The van der Waals surface area contributed by atoms with Crippen molar-refractivity contribution in [2.45, 2.75) is 13.0 Å². The molecule has 0 spiro atoms. The van der Waals surface area contributed by atoms with Crippen molar-refractivity contribution in [2.75, 3.05) is 6.54 Å². The van der Waals surface area contributed by atoms with E-state index in [1.54, 1.807) is 6.07 Å². The summed E-state index contributed by atoms with van der Waals surface area (Å²) in [6, 6.07) is 7.20. The number of carbonyl (C=O) groups excluding carboxylic acids is 2. The highest BCUT2D eigenvalue weighted by molar-refractivity contribution is 6.31. The van der Waals surface area contributed by atoms with Gasteiger partial charge in [-0.3, -0.25) is 4.79 Å². The van der Waals surface area contributed by atoms with Gasteiger partial charge in [0.25, 0.3) is 0 Å². The van der Waals surface area contributed by atoms with Crippen molar-refractivity contribution in [1.82, 2.24) is 4.90 Å². The Morgan fingerprint density at radius 1 is 1.47 bits per heavy atom. The minimum atomic E-state index is -1.17. The van der Waals surface area contributed by atoms with E-state index in [-0.39, 0.29) is 18.9 Å². The molecule has 4 nitrogen and oxygen atoms in total. The van der Waals surface area contributed by atoms with Crippen LogP contribution in [0.2, 0.25) is 5.02 Å². The standard InChI is InChI=1S/C12H12ClNO3/c13-10-4-2-1-3-8(10)6-14-7-9(12(16)17)5-11(14)15/h1-4,9H,5-7H2,(H,16,17)/p-1. The maximum atomic E-state index is 11.6. The molecule has 1 heterocycles.